The lowest BCUT2D eigenvalue weighted by atomic mass is 9.87. The molecule has 0 saturated heterocycles. The Morgan fingerprint density at radius 1 is 1.11 bits per heavy atom. The fourth-order valence-corrected chi connectivity index (χ4v) is 4.07. The first-order valence-corrected chi connectivity index (χ1v) is 12.0. The highest BCUT2D eigenvalue weighted by Gasteiger charge is 2.19. The molecular weight excluding hydrogens is 462 g/mol. The van der Waals surface area contributed by atoms with Gasteiger partial charge >= 0.3 is 0 Å². The fraction of sp³-hybridized carbons (Fsp3) is 0.231. The van der Waals surface area contributed by atoms with E-state index in [9.17, 15) is 4.79 Å². The number of benzene rings is 2. The number of nitrogens with one attached hydrogen (secondary N) is 1. The smallest absolute Gasteiger partial charge is 0.250 e. The van der Waals surface area contributed by atoms with Gasteiger partial charge in [-0.25, -0.2) is 5.43 Å². The Kier molecular flexibility index (Phi) is 7.36. The molecule has 4 aromatic rings. The number of carbonyl (C=O) groups excluding carboxylic acids is 1. The van der Waals surface area contributed by atoms with Crippen LogP contribution in [0.2, 0.25) is 0 Å². The van der Waals surface area contributed by atoms with Crippen LogP contribution in [-0.4, -0.2) is 39.7 Å². The van der Waals surface area contributed by atoms with E-state index in [1.165, 1.54) is 23.5 Å². The van der Waals surface area contributed by atoms with Crippen LogP contribution < -0.4 is 10.2 Å². The van der Waals surface area contributed by atoms with Crippen LogP contribution in [0.5, 0.6) is 5.75 Å². The molecule has 2 aromatic carbocycles. The Hall–Kier alpha value is -3.85. The Bertz CT molecular complexity index is 1290. The van der Waals surface area contributed by atoms with E-state index in [1.54, 1.807) is 25.5 Å². The number of hydrazone groups is 1. The van der Waals surface area contributed by atoms with Gasteiger partial charge in [0.15, 0.2) is 11.0 Å². The molecule has 1 N–H and O–H groups in total. The number of hydrogen-bond donors (Lipinski definition) is 1. The molecule has 9 heteroatoms. The molecule has 0 saturated carbocycles. The summed E-state index contributed by atoms with van der Waals surface area (Å²) in [5, 5.41) is 13.4. The zero-order chi connectivity index (χ0) is 24.8. The highest BCUT2D eigenvalue weighted by atomic mass is 32.2. The average Bonchev–Trinajstić information content (AvgIpc) is 3.52. The largest absolute Gasteiger partial charge is 0.497 e. The van der Waals surface area contributed by atoms with Gasteiger partial charge in [-0.1, -0.05) is 56.8 Å². The number of nitrogens with zero attached hydrogens (tertiary/aromatic N) is 4. The lowest BCUT2D eigenvalue weighted by Crippen LogP contribution is -2.19. The molecule has 0 spiro atoms. The summed E-state index contributed by atoms with van der Waals surface area (Å²) < 4.78 is 12.4. The van der Waals surface area contributed by atoms with Crippen LogP contribution in [0.3, 0.4) is 0 Å². The standard InChI is InChI=1S/C26H27N5O3S/c1-26(2,3)19-9-7-18(8-10-19)24-29-30-25(31(24)20-11-13-21(33-4)14-12-20)35-17-23(32)28-27-16-22-6-5-15-34-22/h5-16H,17H2,1-4H3,(H,28,32)/b27-16-. The van der Waals surface area contributed by atoms with Gasteiger partial charge in [-0.3, -0.25) is 9.36 Å². The minimum Gasteiger partial charge on any atom is -0.497 e. The molecule has 0 atom stereocenters. The molecule has 0 fully saturated rings. The van der Waals surface area contributed by atoms with Crippen molar-refractivity contribution >= 4 is 23.9 Å². The predicted molar refractivity (Wildman–Crippen MR) is 137 cm³/mol. The van der Waals surface area contributed by atoms with E-state index in [2.05, 4.69) is 65.8 Å². The van der Waals surface area contributed by atoms with Crippen LogP contribution >= 0.6 is 11.8 Å². The van der Waals surface area contributed by atoms with E-state index < -0.39 is 0 Å². The van der Waals surface area contributed by atoms with Crippen LogP contribution in [0.15, 0.2) is 81.6 Å². The third-order valence-electron chi connectivity index (χ3n) is 5.23. The first-order chi connectivity index (χ1) is 16.8. The second-order valence-corrected chi connectivity index (χ2v) is 9.71. The number of rotatable bonds is 8. The molecule has 1 amide bonds. The van der Waals surface area contributed by atoms with Gasteiger partial charge in [-0.15, -0.1) is 10.2 Å². The van der Waals surface area contributed by atoms with Crippen molar-refractivity contribution in [3.63, 3.8) is 0 Å². The van der Waals surface area contributed by atoms with E-state index in [0.29, 0.717) is 16.7 Å². The summed E-state index contributed by atoms with van der Waals surface area (Å²) in [5.74, 6) is 1.85. The van der Waals surface area contributed by atoms with Gasteiger partial charge in [-0.05, 0) is 47.4 Å². The van der Waals surface area contributed by atoms with Gasteiger partial charge in [0.25, 0.3) is 5.91 Å². The Morgan fingerprint density at radius 2 is 1.86 bits per heavy atom. The van der Waals surface area contributed by atoms with Gasteiger partial charge < -0.3 is 9.15 Å². The number of amides is 1. The zero-order valence-corrected chi connectivity index (χ0v) is 20.9. The molecule has 0 aliphatic rings. The minimum atomic E-state index is -0.266. The van der Waals surface area contributed by atoms with Crippen LogP contribution in [0, 0.1) is 0 Å². The summed E-state index contributed by atoms with van der Waals surface area (Å²) in [5.41, 5.74) is 5.58. The van der Waals surface area contributed by atoms with Gasteiger partial charge in [-0.2, -0.15) is 5.10 Å². The van der Waals surface area contributed by atoms with Gasteiger partial charge in [0.05, 0.1) is 25.3 Å². The normalized spacial score (nSPS) is 11.7. The lowest BCUT2D eigenvalue weighted by Gasteiger charge is -2.19. The summed E-state index contributed by atoms with van der Waals surface area (Å²) in [6.45, 7) is 6.54. The summed E-state index contributed by atoms with van der Waals surface area (Å²) in [7, 11) is 1.63. The molecule has 0 bridgehead atoms. The van der Waals surface area contributed by atoms with Crippen molar-refractivity contribution in [2.24, 2.45) is 5.10 Å². The topological polar surface area (TPSA) is 94.5 Å². The second kappa shape index (κ2) is 10.6. The average molecular weight is 490 g/mol. The van der Waals surface area contributed by atoms with Crippen molar-refractivity contribution in [1.29, 1.82) is 0 Å². The van der Waals surface area contributed by atoms with Crippen molar-refractivity contribution in [2.45, 2.75) is 31.3 Å². The first kappa shape index (κ1) is 24.3. The van der Waals surface area contributed by atoms with E-state index >= 15 is 0 Å². The highest BCUT2D eigenvalue weighted by Crippen LogP contribution is 2.30. The molecule has 35 heavy (non-hydrogen) atoms. The van der Waals surface area contributed by atoms with E-state index in [-0.39, 0.29) is 17.1 Å². The van der Waals surface area contributed by atoms with Crippen molar-refractivity contribution in [3.8, 4) is 22.8 Å². The van der Waals surface area contributed by atoms with Crippen LogP contribution in [0.1, 0.15) is 32.1 Å². The third kappa shape index (κ3) is 5.99. The quantitative estimate of drug-likeness (QED) is 0.211. The first-order valence-electron chi connectivity index (χ1n) is 11.0. The molecule has 180 valence electrons. The minimum absolute atomic E-state index is 0.0516. The fourth-order valence-electron chi connectivity index (χ4n) is 3.33. The second-order valence-electron chi connectivity index (χ2n) is 8.76. The molecule has 0 unspecified atom stereocenters. The molecule has 0 aliphatic carbocycles. The molecule has 2 aromatic heterocycles. The Labute approximate surface area is 208 Å². The maximum absolute atomic E-state index is 12.3. The summed E-state index contributed by atoms with van der Waals surface area (Å²) >= 11 is 1.28. The monoisotopic (exact) mass is 489 g/mol. The number of furan rings is 1. The van der Waals surface area contributed by atoms with Crippen molar-refractivity contribution in [1.82, 2.24) is 20.2 Å². The van der Waals surface area contributed by atoms with E-state index in [0.717, 1.165) is 17.0 Å². The van der Waals surface area contributed by atoms with Crippen LogP contribution in [0.4, 0.5) is 0 Å². The van der Waals surface area contributed by atoms with Gasteiger partial charge in [0.2, 0.25) is 0 Å². The summed E-state index contributed by atoms with van der Waals surface area (Å²) in [6, 6.07) is 19.5. The van der Waals surface area contributed by atoms with Crippen LogP contribution in [0.25, 0.3) is 17.1 Å². The van der Waals surface area contributed by atoms with E-state index in [1.807, 2.05) is 28.8 Å². The molecule has 0 aliphatic heterocycles. The zero-order valence-electron chi connectivity index (χ0n) is 20.1. The number of ether oxygens (including phenoxy) is 1. The SMILES string of the molecule is COc1ccc(-n2c(SCC(=O)N/N=C\c3ccco3)nnc2-c2ccc(C(C)(C)C)cc2)cc1. The maximum Gasteiger partial charge on any atom is 0.250 e. The predicted octanol–water partition coefficient (Wildman–Crippen LogP) is 5.08. The molecule has 4 rings (SSSR count). The highest BCUT2D eigenvalue weighted by molar-refractivity contribution is 7.99. The number of aromatic nitrogens is 3. The van der Waals surface area contributed by atoms with Gasteiger partial charge in [0, 0.05) is 11.3 Å². The maximum atomic E-state index is 12.3. The molecular formula is C26H27N5O3S. The van der Waals surface area contributed by atoms with Crippen LogP contribution in [-0.2, 0) is 10.2 Å². The summed E-state index contributed by atoms with van der Waals surface area (Å²) in [4.78, 5) is 12.3. The molecule has 0 radical (unpaired) electrons. The van der Waals surface area contributed by atoms with Gasteiger partial charge in [0.1, 0.15) is 11.5 Å². The van der Waals surface area contributed by atoms with Crippen molar-refractivity contribution in [3.05, 3.63) is 78.3 Å². The molecule has 8 nitrogen and oxygen atoms in total. The summed E-state index contributed by atoms with van der Waals surface area (Å²) in [6.07, 6.45) is 2.99. The number of thioether (sulfide) groups is 1. The molecule has 2 heterocycles. The number of methoxy groups -OCH3 is 1. The third-order valence-corrected chi connectivity index (χ3v) is 6.16. The van der Waals surface area contributed by atoms with Crippen molar-refractivity contribution < 1.29 is 13.9 Å². The Morgan fingerprint density at radius 3 is 2.49 bits per heavy atom. The van der Waals surface area contributed by atoms with Crippen molar-refractivity contribution in [2.75, 3.05) is 12.9 Å². The van der Waals surface area contributed by atoms with E-state index in [4.69, 9.17) is 9.15 Å². The number of carbonyl (C=O) groups is 1. The Balaban J connectivity index is 1.58. The number of hydrogen-bond acceptors (Lipinski definition) is 7. The lowest BCUT2D eigenvalue weighted by molar-refractivity contribution is -0.118.